The highest BCUT2D eigenvalue weighted by Crippen LogP contribution is 2.28. The molecular weight excluding hydrogens is 382 g/mol. The third-order valence-electron chi connectivity index (χ3n) is 4.61. The van der Waals surface area contributed by atoms with E-state index in [9.17, 15) is 14.4 Å². The van der Waals surface area contributed by atoms with Crippen molar-refractivity contribution in [3.8, 4) is 5.75 Å². The summed E-state index contributed by atoms with van der Waals surface area (Å²) in [6.07, 6.45) is -0.910. The molecule has 0 aliphatic carbocycles. The van der Waals surface area contributed by atoms with Crippen molar-refractivity contribution in [3.05, 3.63) is 59.1 Å². The van der Waals surface area contributed by atoms with E-state index in [0.29, 0.717) is 22.0 Å². The van der Waals surface area contributed by atoms with Crippen LogP contribution in [0.2, 0.25) is 5.02 Å². The Morgan fingerprint density at radius 2 is 1.89 bits per heavy atom. The maximum atomic E-state index is 12.5. The Bertz CT molecular complexity index is 896. The Balaban J connectivity index is 1.64. The largest absolute Gasteiger partial charge is 0.497 e. The first-order valence-electron chi connectivity index (χ1n) is 8.83. The van der Waals surface area contributed by atoms with E-state index in [-0.39, 0.29) is 24.7 Å². The third kappa shape index (κ3) is 4.34. The second-order valence-electron chi connectivity index (χ2n) is 6.56. The fourth-order valence-corrected chi connectivity index (χ4v) is 3.19. The molecule has 0 spiro atoms. The van der Waals surface area contributed by atoms with Gasteiger partial charge < -0.3 is 14.4 Å². The van der Waals surface area contributed by atoms with Crippen LogP contribution < -0.4 is 9.64 Å². The van der Waals surface area contributed by atoms with E-state index in [0.717, 1.165) is 0 Å². The van der Waals surface area contributed by atoms with E-state index in [1.807, 2.05) is 0 Å². The number of esters is 1. The summed E-state index contributed by atoms with van der Waals surface area (Å²) in [5, 5.41) is 0.517. The zero-order valence-corrected chi connectivity index (χ0v) is 16.3. The number of carbonyl (C=O) groups is 3. The lowest BCUT2D eigenvalue weighted by Gasteiger charge is -2.18. The fraction of sp³-hybridized carbons (Fsp3) is 0.286. The molecule has 1 aliphatic heterocycles. The smallest absolute Gasteiger partial charge is 0.312 e. The van der Waals surface area contributed by atoms with Gasteiger partial charge in [0.15, 0.2) is 6.10 Å². The Hall–Kier alpha value is -2.86. The first-order valence-corrected chi connectivity index (χ1v) is 9.21. The van der Waals surface area contributed by atoms with Gasteiger partial charge in [0.25, 0.3) is 0 Å². The van der Waals surface area contributed by atoms with Gasteiger partial charge in [-0.25, -0.2) is 0 Å². The molecule has 0 bridgehead atoms. The molecule has 2 aromatic rings. The number of halogens is 1. The molecule has 146 valence electrons. The molecule has 0 aromatic heterocycles. The van der Waals surface area contributed by atoms with Crippen LogP contribution in [-0.2, 0) is 14.3 Å². The van der Waals surface area contributed by atoms with E-state index in [4.69, 9.17) is 21.1 Å². The second kappa shape index (κ2) is 8.44. The molecule has 0 N–H and O–H groups in total. The number of benzene rings is 2. The number of amides is 1. The summed E-state index contributed by atoms with van der Waals surface area (Å²) in [6, 6.07) is 13.4. The number of methoxy groups -OCH3 is 1. The van der Waals surface area contributed by atoms with Gasteiger partial charge in [-0.15, -0.1) is 0 Å². The van der Waals surface area contributed by atoms with Gasteiger partial charge in [0.2, 0.25) is 11.7 Å². The van der Waals surface area contributed by atoms with Crippen LogP contribution in [0.3, 0.4) is 0 Å². The molecule has 1 saturated heterocycles. The molecule has 7 heteroatoms. The Morgan fingerprint density at radius 1 is 1.18 bits per heavy atom. The Labute approximate surface area is 168 Å². The van der Waals surface area contributed by atoms with Crippen LogP contribution >= 0.6 is 11.6 Å². The summed E-state index contributed by atoms with van der Waals surface area (Å²) < 4.78 is 10.5. The summed E-state index contributed by atoms with van der Waals surface area (Å²) in [4.78, 5) is 38.8. The van der Waals surface area contributed by atoms with Gasteiger partial charge in [-0.05, 0) is 43.3 Å². The maximum absolute atomic E-state index is 12.5. The number of anilines is 1. The maximum Gasteiger partial charge on any atom is 0.312 e. The summed E-state index contributed by atoms with van der Waals surface area (Å²) in [7, 11) is 1.55. The van der Waals surface area contributed by atoms with Crippen LogP contribution in [0, 0.1) is 5.92 Å². The minimum atomic E-state index is -0.949. The number of ketones is 1. The molecule has 0 radical (unpaired) electrons. The van der Waals surface area contributed by atoms with Gasteiger partial charge in [-0.2, -0.15) is 0 Å². The minimum absolute atomic E-state index is 0.0396. The van der Waals surface area contributed by atoms with Crippen molar-refractivity contribution < 1.29 is 23.9 Å². The van der Waals surface area contributed by atoms with Gasteiger partial charge in [0, 0.05) is 35.3 Å². The van der Waals surface area contributed by atoms with Crippen LogP contribution in [0.1, 0.15) is 23.7 Å². The SMILES string of the molecule is COc1cccc(N2C[C@H](C(=O)O[C@@H](C)C(=O)c3ccc(Cl)cc3)CC2=O)c1. The van der Waals surface area contributed by atoms with Crippen LogP contribution in [0.4, 0.5) is 5.69 Å². The zero-order valence-electron chi connectivity index (χ0n) is 15.6. The van der Waals surface area contributed by atoms with Crippen molar-refractivity contribution in [2.24, 2.45) is 5.92 Å². The number of rotatable bonds is 6. The number of nitrogens with zero attached hydrogens (tertiary/aromatic N) is 1. The predicted octanol–water partition coefficient (Wildman–Crippen LogP) is 3.52. The van der Waals surface area contributed by atoms with Gasteiger partial charge in [-0.1, -0.05) is 17.7 Å². The monoisotopic (exact) mass is 401 g/mol. The van der Waals surface area contributed by atoms with Crippen molar-refractivity contribution in [2.75, 3.05) is 18.6 Å². The lowest BCUT2D eigenvalue weighted by molar-refractivity contribution is -0.151. The van der Waals surface area contributed by atoms with Crippen molar-refractivity contribution in [3.63, 3.8) is 0 Å². The van der Waals surface area contributed by atoms with Crippen molar-refractivity contribution >= 4 is 34.9 Å². The average Bonchev–Trinajstić information content (AvgIpc) is 3.10. The molecule has 2 aromatic carbocycles. The molecular formula is C21H20ClNO5. The molecule has 1 fully saturated rings. The van der Waals surface area contributed by atoms with E-state index < -0.39 is 18.0 Å². The number of carbonyl (C=O) groups excluding carboxylic acids is 3. The molecule has 1 amide bonds. The first kappa shape index (κ1) is 19.9. The van der Waals surface area contributed by atoms with Crippen LogP contribution in [0.5, 0.6) is 5.75 Å². The molecule has 3 rings (SSSR count). The van der Waals surface area contributed by atoms with Crippen LogP contribution in [0.25, 0.3) is 0 Å². The number of ether oxygens (including phenoxy) is 2. The van der Waals surface area contributed by atoms with Crippen molar-refractivity contribution in [2.45, 2.75) is 19.4 Å². The topological polar surface area (TPSA) is 72.9 Å². The van der Waals surface area contributed by atoms with Crippen molar-refractivity contribution in [1.29, 1.82) is 0 Å². The van der Waals surface area contributed by atoms with E-state index in [1.54, 1.807) is 55.6 Å². The summed E-state index contributed by atoms with van der Waals surface area (Å²) in [5.41, 5.74) is 1.06. The fourth-order valence-electron chi connectivity index (χ4n) is 3.07. The molecule has 2 atom stereocenters. The highest BCUT2D eigenvalue weighted by atomic mass is 35.5. The summed E-state index contributed by atoms with van der Waals surface area (Å²) in [5.74, 6) is -1.06. The first-order chi connectivity index (χ1) is 13.4. The van der Waals surface area contributed by atoms with Gasteiger partial charge in [0.1, 0.15) is 5.75 Å². The molecule has 6 nitrogen and oxygen atoms in total. The Morgan fingerprint density at radius 3 is 2.57 bits per heavy atom. The number of Topliss-reactive ketones (excluding diaryl/α,β-unsaturated/α-hetero) is 1. The van der Waals surface area contributed by atoms with Crippen molar-refractivity contribution in [1.82, 2.24) is 0 Å². The number of hydrogen-bond donors (Lipinski definition) is 0. The average molecular weight is 402 g/mol. The van der Waals surface area contributed by atoms with Gasteiger partial charge in [-0.3, -0.25) is 14.4 Å². The predicted molar refractivity (Wildman–Crippen MR) is 105 cm³/mol. The second-order valence-corrected chi connectivity index (χ2v) is 6.99. The molecule has 28 heavy (non-hydrogen) atoms. The molecule has 1 heterocycles. The Kier molecular flexibility index (Phi) is 5.99. The standard InChI is InChI=1S/C21H20ClNO5/c1-13(20(25)14-6-8-16(22)9-7-14)28-21(26)15-10-19(24)23(12-15)17-4-3-5-18(11-17)27-2/h3-9,11,13,15H,10,12H2,1-2H3/t13-,15+/m0/s1. The quantitative estimate of drug-likeness (QED) is 0.547. The van der Waals surface area contributed by atoms with Crippen LogP contribution in [-0.4, -0.2) is 37.4 Å². The highest BCUT2D eigenvalue weighted by molar-refractivity contribution is 6.30. The normalized spacial score (nSPS) is 17.3. The summed E-state index contributed by atoms with van der Waals surface area (Å²) >= 11 is 5.82. The molecule has 0 unspecified atom stereocenters. The lowest BCUT2D eigenvalue weighted by Crippen LogP contribution is -2.30. The van der Waals surface area contributed by atoms with E-state index >= 15 is 0 Å². The number of hydrogen-bond acceptors (Lipinski definition) is 5. The third-order valence-corrected chi connectivity index (χ3v) is 4.87. The van der Waals surface area contributed by atoms with Gasteiger partial charge >= 0.3 is 5.97 Å². The van der Waals surface area contributed by atoms with Gasteiger partial charge in [0.05, 0.1) is 13.0 Å². The van der Waals surface area contributed by atoms with E-state index in [2.05, 4.69) is 0 Å². The molecule has 0 saturated carbocycles. The van der Waals surface area contributed by atoms with Crippen LogP contribution in [0.15, 0.2) is 48.5 Å². The molecule has 1 aliphatic rings. The minimum Gasteiger partial charge on any atom is -0.497 e. The van der Waals surface area contributed by atoms with E-state index in [1.165, 1.54) is 11.8 Å². The summed E-state index contributed by atoms with van der Waals surface area (Å²) in [6.45, 7) is 1.72. The highest BCUT2D eigenvalue weighted by Gasteiger charge is 2.37. The lowest BCUT2D eigenvalue weighted by atomic mass is 10.1. The zero-order chi connectivity index (χ0) is 20.3.